The van der Waals surface area contributed by atoms with E-state index in [4.69, 9.17) is 4.74 Å². The maximum Gasteiger partial charge on any atom is 0.119 e. The van der Waals surface area contributed by atoms with Crippen LogP contribution in [0, 0.1) is 0 Å². The summed E-state index contributed by atoms with van der Waals surface area (Å²) in [4.78, 5) is 2.51. The van der Waals surface area contributed by atoms with Crippen LogP contribution in [0.25, 0.3) is 0 Å². The van der Waals surface area contributed by atoms with E-state index >= 15 is 0 Å². The van der Waals surface area contributed by atoms with E-state index in [9.17, 15) is 0 Å². The van der Waals surface area contributed by atoms with Crippen LogP contribution in [-0.4, -0.2) is 36.7 Å². The molecular formula is C18H32N2O. The Balaban J connectivity index is 3.04. The minimum atomic E-state index is 0.0621. The predicted molar refractivity (Wildman–Crippen MR) is 91.0 cm³/mol. The first kappa shape index (κ1) is 18.0. The topological polar surface area (TPSA) is 24.5 Å². The highest BCUT2D eigenvalue weighted by Gasteiger charge is 2.34. The van der Waals surface area contributed by atoms with Crippen LogP contribution in [0.3, 0.4) is 0 Å². The average molecular weight is 292 g/mol. The van der Waals surface area contributed by atoms with Gasteiger partial charge in [-0.25, -0.2) is 0 Å². The summed E-state index contributed by atoms with van der Waals surface area (Å²) in [6.07, 6.45) is 0. The third-order valence-electron chi connectivity index (χ3n) is 4.22. The summed E-state index contributed by atoms with van der Waals surface area (Å²) in [6, 6.07) is 8.81. The molecule has 0 amide bonds. The largest absolute Gasteiger partial charge is 0.494 e. The Kier molecular flexibility index (Phi) is 7.20. The van der Waals surface area contributed by atoms with E-state index in [0.29, 0.717) is 12.6 Å². The first-order valence-electron chi connectivity index (χ1n) is 8.22. The molecule has 120 valence electrons. The standard InChI is InChI=1S/C18H32N2O/c1-7-19-17(18(5,6)20(8-2)9-3)15-11-13-16(14-12-15)21-10-4/h11-14,17,19H,7-10H2,1-6H3. The van der Waals surface area contributed by atoms with Gasteiger partial charge in [-0.15, -0.1) is 0 Å². The molecule has 0 saturated carbocycles. The van der Waals surface area contributed by atoms with Crippen molar-refractivity contribution in [3.63, 3.8) is 0 Å². The van der Waals surface area contributed by atoms with Crippen LogP contribution in [0.1, 0.15) is 53.1 Å². The molecule has 0 spiro atoms. The van der Waals surface area contributed by atoms with E-state index in [1.807, 2.05) is 6.92 Å². The van der Waals surface area contributed by atoms with Crippen LogP contribution < -0.4 is 10.1 Å². The fraction of sp³-hybridized carbons (Fsp3) is 0.667. The van der Waals surface area contributed by atoms with Gasteiger partial charge in [-0.05, 0) is 58.1 Å². The van der Waals surface area contributed by atoms with Crippen LogP contribution in [0.4, 0.5) is 0 Å². The van der Waals surface area contributed by atoms with Crippen LogP contribution in [0.15, 0.2) is 24.3 Å². The molecule has 1 unspecified atom stereocenters. The van der Waals surface area contributed by atoms with E-state index in [1.54, 1.807) is 0 Å². The van der Waals surface area contributed by atoms with Crippen LogP contribution in [0.5, 0.6) is 5.75 Å². The molecule has 0 aromatic heterocycles. The molecule has 0 aliphatic rings. The summed E-state index contributed by atoms with van der Waals surface area (Å²) in [6.45, 7) is 17.1. The highest BCUT2D eigenvalue weighted by atomic mass is 16.5. The zero-order valence-electron chi connectivity index (χ0n) is 14.6. The van der Waals surface area contributed by atoms with Gasteiger partial charge in [0.2, 0.25) is 0 Å². The van der Waals surface area contributed by atoms with E-state index in [0.717, 1.165) is 25.4 Å². The molecule has 3 heteroatoms. The summed E-state index contributed by atoms with van der Waals surface area (Å²) in [7, 11) is 0. The first-order chi connectivity index (χ1) is 10.0. The summed E-state index contributed by atoms with van der Waals surface area (Å²) in [5, 5.41) is 3.66. The van der Waals surface area contributed by atoms with Crippen molar-refractivity contribution in [2.24, 2.45) is 0 Å². The molecule has 0 saturated heterocycles. The van der Waals surface area contributed by atoms with Gasteiger partial charge in [-0.1, -0.05) is 32.9 Å². The Hall–Kier alpha value is -1.06. The Morgan fingerprint density at radius 3 is 2.05 bits per heavy atom. The molecule has 0 fully saturated rings. The van der Waals surface area contributed by atoms with Crippen molar-refractivity contribution in [2.45, 2.75) is 53.1 Å². The number of hydrogen-bond acceptors (Lipinski definition) is 3. The lowest BCUT2D eigenvalue weighted by molar-refractivity contribution is 0.0918. The Bertz CT molecular complexity index is 396. The third-order valence-corrected chi connectivity index (χ3v) is 4.22. The lowest BCUT2D eigenvalue weighted by atomic mass is 9.86. The van der Waals surface area contributed by atoms with Crippen molar-refractivity contribution < 1.29 is 4.74 Å². The Morgan fingerprint density at radius 1 is 1.05 bits per heavy atom. The van der Waals surface area contributed by atoms with Crippen LogP contribution in [0.2, 0.25) is 0 Å². The van der Waals surface area contributed by atoms with Crippen molar-refractivity contribution in [1.29, 1.82) is 0 Å². The smallest absolute Gasteiger partial charge is 0.119 e. The van der Waals surface area contributed by atoms with Gasteiger partial charge < -0.3 is 10.1 Å². The highest BCUT2D eigenvalue weighted by molar-refractivity contribution is 5.31. The molecule has 1 aromatic carbocycles. The average Bonchev–Trinajstić information content (AvgIpc) is 2.47. The number of nitrogens with one attached hydrogen (secondary N) is 1. The van der Waals surface area contributed by atoms with Crippen molar-refractivity contribution in [3.8, 4) is 5.75 Å². The molecule has 0 heterocycles. The Labute approximate surface area is 130 Å². The SMILES string of the molecule is CCNC(c1ccc(OCC)cc1)C(C)(C)N(CC)CC. The molecule has 3 nitrogen and oxygen atoms in total. The molecule has 0 bridgehead atoms. The number of ether oxygens (including phenoxy) is 1. The number of rotatable bonds is 9. The van der Waals surface area contributed by atoms with Gasteiger partial charge in [0.15, 0.2) is 0 Å². The molecule has 0 aliphatic heterocycles. The summed E-state index contributed by atoms with van der Waals surface area (Å²) in [5.74, 6) is 0.942. The Morgan fingerprint density at radius 2 is 1.62 bits per heavy atom. The molecule has 1 N–H and O–H groups in total. The van der Waals surface area contributed by atoms with Gasteiger partial charge in [0.05, 0.1) is 12.6 Å². The highest BCUT2D eigenvalue weighted by Crippen LogP contribution is 2.31. The number of benzene rings is 1. The zero-order chi connectivity index (χ0) is 15.9. The van der Waals surface area contributed by atoms with Crippen molar-refractivity contribution in [1.82, 2.24) is 10.2 Å². The van der Waals surface area contributed by atoms with Crippen LogP contribution >= 0.6 is 0 Å². The monoisotopic (exact) mass is 292 g/mol. The zero-order valence-corrected chi connectivity index (χ0v) is 14.6. The second kappa shape index (κ2) is 8.40. The minimum Gasteiger partial charge on any atom is -0.494 e. The summed E-state index contributed by atoms with van der Waals surface area (Å²) >= 11 is 0. The fourth-order valence-electron chi connectivity index (χ4n) is 3.12. The molecule has 0 radical (unpaired) electrons. The minimum absolute atomic E-state index is 0.0621. The summed E-state index contributed by atoms with van der Waals surface area (Å²) < 4.78 is 5.55. The van der Waals surface area contributed by atoms with E-state index in [2.05, 4.69) is 69.1 Å². The van der Waals surface area contributed by atoms with Crippen molar-refractivity contribution in [2.75, 3.05) is 26.2 Å². The molecule has 1 aromatic rings. The molecule has 1 atom stereocenters. The quantitative estimate of drug-likeness (QED) is 0.748. The van der Waals surface area contributed by atoms with Crippen molar-refractivity contribution >= 4 is 0 Å². The number of nitrogens with zero attached hydrogens (tertiary/aromatic N) is 1. The fourth-order valence-corrected chi connectivity index (χ4v) is 3.12. The maximum atomic E-state index is 5.55. The van der Waals surface area contributed by atoms with Gasteiger partial charge >= 0.3 is 0 Å². The van der Waals surface area contributed by atoms with Gasteiger partial charge in [0, 0.05) is 5.54 Å². The number of likely N-dealkylation sites (N-methyl/N-ethyl adjacent to an activating group) is 2. The van der Waals surface area contributed by atoms with Crippen LogP contribution in [-0.2, 0) is 0 Å². The molecule has 1 rings (SSSR count). The van der Waals surface area contributed by atoms with E-state index < -0.39 is 0 Å². The molecule has 0 aliphatic carbocycles. The normalized spacial score (nSPS) is 13.5. The second-order valence-corrected chi connectivity index (χ2v) is 5.82. The second-order valence-electron chi connectivity index (χ2n) is 5.82. The summed E-state index contributed by atoms with van der Waals surface area (Å²) in [5.41, 5.74) is 1.38. The molecular weight excluding hydrogens is 260 g/mol. The van der Waals surface area contributed by atoms with E-state index in [1.165, 1.54) is 5.56 Å². The van der Waals surface area contributed by atoms with Gasteiger partial charge in [-0.2, -0.15) is 0 Å². The number of hydrogen-bond donors (Lipinski definition) is 1. The first-order valence-corrected chi connectivity index (χ1v) is 8.22. The van der Waals surface area contributed by atoms with Gasteiger partial charge in [-0.3, -0.25) is 4.90 Å². The van der Waals surface area contributed by atoms with Crippen molar-refractivity contribution in [3.05, 3.63) is 29.8 Å². The lowest BCUT2D eigenvalue weighted by Crippen LogP contribution is -2.52. The third kappa shape index (κ3) is 4.45. The maximum absolute atomic E-state index is 5.55. The van der Waals surface area contributed by atoms with E-state index in [-0.39, 0.29) is 5.54 Å². The molecule has 21 heavy (non-hydrogen) atoms. The van der Waals surface area contributed by atoms with Gasteiger partial charge in [0.1, 0.15) is 5.75 Å². The predicted octanol–water partition coefficient (Wildman–Crippen LogP) is 3.86. The van der Waals surface area contributed by atoms with Gasteiger partial charge in [0.25, 0.3) is 0 Å². The lowest BCUT2D eigenvalue weighted by Gasteiger charge is -2.44.